The molecule has 3 heterocycles. The Morgan fingerprint density at radius 2 is 1.92 bits per heavy atom. The zero-order valence-electron chi connectivity index (χ0n) is 19.9. The molecule has 0 saturated heterocycles. The van der Waals surface area contributed by atoms with Gasteiger partial charge in [0.1, 0.15) is 11.6 Å². The molecule has 36 heavy (non-hydrogen) atoms. The molecule has 0 radical (unpaired) electrons. The van der Waals surface area contributed by atoms with Gasteiger partial charge in [-0.2, -0.15) is 10.2 Å². The van der Waals surface area contributed by atoms with Gasteiger partial charge in [0.2, 0.25) is 0 Å². The quantitative estimate of drug-likeness (QED) is 0.393. The lowest BCUT2D eigenvalue weighted by Gasteiger charge is -2.37. The first-order valence-corrected chi connectivity index (χ1v) is 11.6. The van der Waals surface area contributed by atoms with Crippen LogP contribution in [0.2, 0.25) is 0 Å². The third-order valence-corrected chi connectivity index (χ3v) is 7.87. The number of ether oxygens (including phenoxy) is 1. The van der Waals surface area contributed by atoms with Crippen molar-refractivity contribution in [3.05, 3.63) is 83.1 Å². The number of halogens is 2. The van der Waals surface area contributed by atoms with Crippen molar-refractivity contribution in [1.29, 1.82) is 0 Å². The molecule has 10 heteroatoms. The number of carbonyl (C=O) groups is 1. The van der Waals surface area contributed by atoms with E-state index in [0.29, 0.717) is 5.95 Å². The lowest BCUT2D eigenvalue weighted by atomic mass is 9.66. The molecule has 0 N–H and O–H groups in total. The number of nitrogens with zero attached hydrogens (tertiary/aromatic N) is 6. The molecule has 4 aromatic rings. The molecule has 0 amide bonds. The van der Waals surface area contributed by atoms with Crippen LogP contribution in [0.3, 0.4) is 0 Å². The van der Waals surface area contributed by atoms with Crippen LogP contribution in [0.1, 0.15) is 60.0 Å². The summed E-state index contributed by atoms with van der Waals surface area (Å²) in [6.45, 7) is 4.33. The molecule has 0 spiro atoms. The fourth-order valence-electron chi connectivity index (χ4n) is 6.10. The van der Waals surface area contributed by atoms with Crippen molar-refractivity contribution in [2.24, 2.45) is 5.41 Å². The zero-order chi connectivity index (χ0) is 25.2. The molecule has 1 fully saturated rings. The summed E-state index contributed by atoms with van der Waals surface area (Å²) in [5.41, 5.74) is 1.76. The second-order valence-electron chi connectivity index (χ2n) is 9.73. The summed E-state index contributed by atoms with van der Waals surface area (Å²) in [4.78, 5) is 21.0. The number of rotatable bonds is 4. The average Bonchev–Trinajstić information content (AvgIpc) is 3.52. The molecule has 2 atom stereocenters. The van der Waals surface area contributed by atoms with E-state index in [1.807, 2.05) is 6.07 Å². The highest BCUT2D eigenvalue weighted by atomic mass is 19.1. The van der Waals surface area contributed by atoms with Gasteiger partial charge >= 0.3 is 5.97 Å². The van der Waals surface area contributed by atoms with Crippen LogP contribution < -0.4 is 0 Å². The lowest BCUT2D eigenvalue weighted by Crippen LogP contribution is -2.38. The number of esters is 1. The topological polar surface area (TPSA) is 95.7 Å². The monoisotopic (exact) mass is 488 g/mol. The van der Waals surface area contributed by atoms with Gasteiger partial charge in [-0.05, 0) is 60.1 Å². The number of hydrogen-bond acceptors (Lipinski definition) is 7. The van der Waals surface area contributed by atoms with Crippen LogP contribution >= 0.6 is 0 Å². The van der Waals surface area contributed by atoms with E-state index in [1.54, 1.807) is 18.5 Å². The predicted molar refractivity (Wildman–Crippen MR) is 124 cm³/mol. The van der Waals surface area contributed by atoms with Crippen molar-refractivity contribution < 1.29 is 18.3 Å². The van der Waals surface area contributed by atoms with Gasteiger partial charge in [0.25, 0.3) is 5.95 Å². The van der Waals surface area contributed by atoms with Crippen LogP contribution in [-0.2, 0) is 10.2 Å². The van der Waals surface area contributed by atoms with Crippen molar-refractivity contribution in [3.8, 4) is 17.2 Å². The van der Waals surface area contributed by atoms with Crippen molar-refractivity contribution in [1.82, 2.24) is 29.9 Å². The normalized spacial score (nSPS) is 21.4. The summed E-state index contributed by atoms with van der Waals surface area (Å²) in [7, 11) is 1.29. The van der Waals surface area contributed by atoms with Crippen LogP contribution in [0.15, 0.2) is 48.8 Å². The maximum atomic E-state index is 14.5. The third kappa shape index (κ3) is 2.90. The number of hydrogen-bond donors (Lipinski definition) is 0. The summed E-state index contributed by atoms with van der Waals surface area (Å²) < 4.78 is 35.1. The third-order valence-electron chi connectivity index (χ3n) is 7.87. The van der Waals surface area contributed by atoms with E-state index in [4.69, 9.17) is 9.72 Å². The highest BCUT2D eigenvalue weighted by Gasteiger charge is 2.65. The molecule has 1 aromatic carbocycles. The molecular formula is C26H22F2N6O2. The Kier molecular flexibility index (Phi) is 4.79. The van der Waals surface area contributed by atoms with Gasteiger partial charge in [0.05, 0.1) is 35.2 Å². The molecule has 3 aromatic heterocycles. The predicted octanol–water partition coefficient (Wildman–Crippen LogP) is 4.39. The molecule has 0 unspecified atom stereocenters. The molecule has 2 bridgehead atoms. The van der Waals surface area contributed by atoms with Gasteiger partial charge in [-0.25, -0.2) is 28.2 Å². The first-order chi connectivity index (χ1) is 17.3. The van der Waals surface area contributed by atoms with Crippen LogP contribution in [0.25, 0.3) is 17.2 Å². The van der Waals surface area contributed by atoms with Crippen molar-refractivity contribution in [2.75, 3.05) is 7.11 Å². The van der Waals surface area contributed by atoms with Crippen molar-refractivity contribution in [3.63, 3.8) is 0 Å². The minimum atomic E-state index is -0.674. The number of benzene rings is 1. The second-order valence-corrected chi connectivity index (χ2v) is 9.73. The van der Waals surface area contributed by atoms with Crippen LogP contribution in [0, 0.1) is 17.0 Å². The maximum Gasteiger partial charge on any atom is 0.358 e. The fraction of sp³-hybridized carbons (Fsp3) is 0.308. The Labute approximate surface area is 205 Å². The van der Waals surface area contributed by atoms with Crippen LogP contribution in [0.4, 0.5) is 8.78 Å². The standard InChI is InChI=1S/C26H22F2N6O2/c1-25(2)15-7-10-26(25,20-8-11-29-24(30-20)34-12-9-18(33-34)23(35)36-3)22-14(15)13-19(31-32-22)21-16(27)5-4-6-17(21)28/h4-6,8-9,11-13,15H,7,10H2,1-3H3/t15-,26-/m0/s1. The Bertz CT molecular complexity index is 1510. The zero-order valence-corrected chi connectivity index (χ0v) is 19.9. The van der Waals surface area contributed by atoms with E-state index in [9.17, 15) is 13.6 Å². The van der Waals surface area contributed by atoms with Gasteiger partial charge in [-0.3, -0.25) is 0 Å². The highest BCUT2D eigenvalue weighted by molar-refractivity contribution is 5.86. The molecule has 2 aliphatic rings. The molecule has 8 nitrogen and oxygen atoms in total. The van der Waals surface area contributed by atoms with Gasteiger partial charge in [-0.15, -0.1) is 5.10 Å². The lowest BCUT2D eigenvalue weighted by molar-refractivity contribution is 0.0593. The minimum Gasteiger partial charge on any atom is -0.464 e. The number of aromatic nitrogens is 6. The summed E-state index contributed by atoms with van der Waals surface area (Å²) in [5, 5.41) is 13.1. The number of carbonyl (C=O) groups excluding carboxylic acids is 1. The second kappa shape index (κ2) is 7.71. The largest absolute Gasteiger partial charge is 0.464 e. The van der Waals surface area contributed by atoms with Gasteiger partial charge in [-0.1, -0.05) is 19.9 Å². The Hall–Kier alpha value is -4.08. The van der Waals surface area contributed by atoms with E-state index >= 15 is 0 Å². The minimum absolute atomic E-state index is 0.116. The first kappa shape index (κ1) is 22.4. The van der Waals surface area contributed by atoms with E-state index in [1.165, 1.54) is 36.1 Å². The van der Waals surface area contributed by atoms with E-state index in [-0.39, 0.29) is 28.3 Å². The Balaban J connectivity index is 1.48. The van der Waals surface area contributed by atoms with Crippen LogP contribution in [-0.4, -0.2) is 43.0 Å². The van der Waals surface area contributed by atoms with E-state index in [2.05, 4.69) is 34.1 Å². The SMILES string of the molecule is COC(=O)c1ccn(-c2nccc([C@@]34CC[C@@H](c5cc(-c6c(F)cccc6F)nnc53)C4(C)C)n2)n1. The molecule has 0 aliphatic heterocycles. The maximum absolute atomic E-state index is 14.5. The molecule has 182 valence electrons. The van der Waals surface area contributed by atoms with Crippen molar-refractivity contribution >= 4 is 5.97 Å². The van der Waals surface area contributed by atoms with E-state index in [0.717, 1.165) is 29.8 Å². The van der Waals surface area contributed by atoms with E-state index < -0.39 is 23.0 Å². The van der Waals surface area contributed by atoms with Gasteiger partial charge < -0.3 is 4.74 Å². The molecule has 1 saturated carbocycles. The van der Waals surface area contributed by atoms with Gasteiger partial charge in [0, 0.05) is 12.4 Å². The van der Waals surface area contributed by atoms with Gasteiger partial charge in [0.15, 0.2) is 5.69 Å². The highest BCUT2D eigenvalue weighted by Crippen LogP contribution is 2.69. The summed E-state index contributed by atoms with van der Waals surface area (Å²) in [5.74, 6) is -1.47. The first-order valence-electron chi connectivity index (χ1n) is 11.6. The molecular weight excluding hydrogens is 466 g/mol. The summed E-state index contributed by atoms with van der Waals surface area (Å²) in [6.07, 6.45) is 4.92. The molecule has 2 aliphatic carbocycles. The Morgan fingerprint density at radius 1 is 1.14 bits per heavy atom. The fourth-order valence-corrected chi connectivity index (χ4v) is 6.10. The van der Waals surface area contributed by atoms with Crippen LogP contribution in [0.5, 0.6) is 0 Å². The number of fused-ring (bicyclic) bond motifs is 5. The Morgan fingerprint density at radius 3 is 2.67 bits per heavy atom. The van der Waals surface area contributed by atoms with Crippen molar-refractivity contribution in [2.45, 2.75) is 38.0 Å². The average molecular weight is 488 g/mol. The summed E-state index contributed by atoms with van der Waals surface area (Å²) in [6, 6.07) is 8.93. The number of methoxy groups -OCH3 is 1. The summed E-state index contributed by atoms with van der Waals surface area (Å²) >= 11 is 0. The smallest absolute Gasteiger partial charge is 0.358 e. The molecule has 6 rings (SSSR count).